The summed E-state index contributed by atoms with van der Waals surface area (Å²) in [6.45, 7) is 1.79. The zero-order chi connectivity index (χ0) is 17.0. The van der Waals surface area contributed by atoms with Crippen molar-refractivity contribution in [1.29, 1.82) is 0 Å². The number of ether oxygens (including phenoxy) is 2. The van der Waals surface area contributed by atoms with Crippen molar-refractivity contribution in [1.82, 2.24) is 5.32 Å². The van der Waals surface area contributed by atoms with Gasteiger partial charge in [-0.1, -0.05) is 17.7 Å². The highest BCUT2D eigenvalue weighted by Crippen LogP contribution is 2.30. The molecular weight excluding hydrogens is 321 g/mol. The molecule has 122 valence electrons. The number of carbonyl (C=O) groups excluding carboxylic acids is 1. The first-order valence-electron chi connectivity index (χ1n) is 6.94. The number of rotatable bonds is 5. The van der Waals surface area contributed by atoms with E-state index in [2.05, 4.69) is 5.32 Å². The van der Waals surface area contributed by atoms with Gasteiger partial charge in [0.25, 0.3) is 5.91 Å². The van der Waals surface area contributed by atoms with E-state index in [4.69, 9.17) is 21.1 Å². The number of methoxy groups -OCH3 is 2. The number of amides is 1. The Morgan fingerprint density at radius 1 is 1.13 bits per heavy atom. The molecule has 23 heavy (non-hydrogen) atoms. The Morgan fingerprint density at radius 2 is 1.83 bits per heavy atom. The molecule has 0 aliphatic rings. The fourth-order valence-electron chi connectivity index (χ4n) is 2.15. The maximum absolute atomic E-state index is 13.7. The summed E-state index contributed by atoms with van der Waals surface area (Å²) in [5.74, 6) is -0.00519. The maximum Gasteiger partial charge on any atom is 0.254 e. The molecule has 0 aliphatic heterocycles. The molecule has 1 atom stereocenters. The molecule has 2 aromatic rings. The molecule has 4 nitrogen and oxygen atoms in total. The molecule has 6 heteroatoms. The molecule has 0 unspecified atom stereocenters. The predicted octanol–water partition coefficient (Wildman–Crippen LogP) is 3.99. The van der Waals surface area contributed by atoms with Crippen molar-refractivity contribution in [3.63, 3.8) is 0 Å². The number of carbonyl (C=O) groups is 1. The molecule has 0 aromatic heterocycles. The third-order valence-corrected chi connectivity index (χ3v) is 3.66. The molecule has 0 saturated heterocycles. The van der Waals surface area contributed by atoms with Gasteiger partial charge in [-0.3, -0.25) is 4.79 Å². The Balaban J connectivity index is 2.19. The minimum Gasteiger partial charge on any atom is -0.493 e. The van der Waals surface area contributed by atoms with Crippen LogP contribution in [0.25, 0.3) is 0 Å². The fourth-order valence-corrected chi connectivity index (χ4v) is 2.32. The molecular formula is C17H17ClFNO3. The van der Waals surface area contributed by atoms with E-state index in [1.54, 1.807) is 32.2 Å². The third-order valence-electron chi connectivity index (χ3n) is 3.43. The molecule has 2 aromatic carbocycles. The molecule has 1 amide bonds. The van der Waals surface area contributed by atoms with Crippen LogP contribution >= 0.6 is 11.6 Å². The lowest BCUT2D eigenvalue weighted by Gasteiger charge is -2.17. The molecule has 0 spiro atoms. The Kier molecular flexibility index (Phi) is 5.45. The second-order valence-corrected chi connectivity index (χ2v) is 5.37. The number of benzene rings is 2. The van der Waals surface area contributed by atoms with Gasteiger partial charge in [0.05, 0.1) is 25.8 Å². The van der Waals surface area contributed by atoms with Crippen LogP contribution in [0.5, 0.6) is 11.5 Å². The average Bonchev–Trinajstić information content (AvgIpc) is 2.56. The summed E-state index contributed by atoms with van der Waals surface area (Å²) in [6.07, 6.45) is 0. The van der Waals surface area contributed by atoms with Crippen molar-refractivity contribution < 1.29 is 18.7 Å². The van der Waals surface area contributed by atoms with Crippen LogP contribution < -0.4 is 14.8 Å². The highest BCUT2D eigenvalue weighted by atomic mass is 35.5. The Hall–Kier alpha value is -2.27. The molecule has 0 radical (unpaired) electrons. The summed E-state index contributed by atoms with van der Waals surface area (Å²) >= 11 is 5.81. The number of hydrogen-bond donors (Lipinski definition) is 1. The van der Waals surface area contributed by atoms with Crippen LogP contribution in [0.1, 0.15) is 28.9 Å². The normalized spacial score (nSPS) is 11.7. The minimum absolute atomic E-state index is 0.0928. The molecule has 0 bridgehead atoms. The molecule has 0 saturated carbocycles. The van der Waals surface area contributed by atoms with E-state index < -0.39 is 11.7 Å². The second-order valence-electron chi connectivity index (χ2n) is 4.93. The SMILES string of the molecule is COc1ccc([C@@H](C)NC(=O)c2cc(Cl)ccc2F)cc1OC. The van der Waals surface area contributed by atoms with E-state index in [-0.39, 0.29) is 11.6 Å². The van der Waals surface area contributed by atoms with Crippen LogP contribution in [0, 0.1) is 5.82 Å². The smallest absolute Gasteiger partial charge is 0.254 e. The lowest BCUT2D eigenvalue weighted by atomic mass is 10.1. The van der Waals surface area contributed by atoms with Gasteiger partial charge in [-0.15, -0.1) is 0 Å². The Bertz CT molecular complexity index is 721. The largest absolute Gasteiger partial charge is 0.493 e. The van der Waals surface area contributed by atoms with Crippen LogP contribution in [0.3, 0.4) is 0 Å². The van der Waals surface area contributed by atoms with Crippen molar-refractivity contribution >= 4 is 17.5 Å². The van der Waals surface area contributed by atoms with Crippen LogP contribution in [0.2, 0.25) is 5.02 Å². The van der Waals surface area contributed by atoms with E-state index >= 15 is 0 Å². The number of halogens is 2. The van der Waals surface area contributed by atoms with Crippen molar-refractivity contribution in [2.75, 3.05) is 14.2 Å². The Labute approximate surface area is 139 Å². The average molecular weight is 338 g/mol. The summed E-state index contributed by atoms with van der Waals surface area (Å²) in [7, 11) is 3.08. The Morgan fingerprint density at radius 3 is 2.48 bits per heavy atom. The maximum atomic E-state index is 13.7. The quantitative estimate of drug-likeness (QED) is 0.897. The monoisotopic (exact) mass is 337 g/mol. The first kappa shape index (κ1) is 17.1. The highest BCUT2D eigenvalue weighted by molar-refractivity contribution is 6.31. The van der Waals surface area contributed by atoms with Crippen molar-refractivity contribution in [3.8, 4) is 11.5 Å². The topological polar surface area (TPSA) is 47.6 Å². The first-order chi connectivity index (χ1) is 11.0. The van der Waals surface area contributed by atoms with Gasteiger partial charge in [0.1, 0.15) is 5.82 Å². The van der Waals surface area contributed by atoms with E-state index in [9.17, 15) is 9.18 Å². The summed E-state index contributed by atoms with van der Waals surface area (Å²) < 4.78 is 24.1. The van der Waals surface area contributed by atoms with E-state index in [0.717, 1.165) is 5.56 Å². The summed E-state index contributed by atoms with van der Waals surface area (Å²) in [6, 6.07) is 8.83. The number of nitrogens with one attached hydrogen (secondary N) is 1. The van der Waals surface area contributed by atoms with Gasteiger partial charge in [0, 0.05) is 5.02 Å². The van der Waals surface area contributed by atoms with E-state index in [0.29, 0.717) is 16.5 Å². The lowest BCUT2D eigenvalue weighted by molar-refractivity contribution is 0.0935. The third kappa shape index (κ3) is 3.93. The van der Waals surface area contributed by atoms with Gasteiger partial charge >= 0.3 is 0 Å². The van der Waals surface area contributed by atoms with E-state index in [1.807, 2.05) is 0 Å². The minimum atomic E-state index is -0.619. The molecule has 0 heterocycles. The van der Waals surface area contributed by atoms with Crippen molar-refractivity contribution in [2.45, 2.75) is 13.0 Å². The highest BCUT2D eigenvalue weighted by Gasteiger charge is 2.17. The summed E-state index contributed by atoms with van der Waals surface area (Å²) in [4.78, 5) is 12.2. The van der Waals surface area contributed by atoms with Gasteiger partial charge in [0.15, 0.2) is 11.5 Å². The lowest BCUT2D eigenvalue weighted by Crippen LogP contribution is -2.27. The number of hydrogen-bond acceptors (Lipinski definition) is 3. The zero-order valence-corrected chi connectivity index (χ0v) is 13.8. The molecule has 2 rings (SSSR count). The van der Waals surface area contributed by atoms with Crippen molar-refractivity contribution in [3.05, 3.63) is 58.4 Å². The second kappa shape index (κ2) is 7.33. The van der Waals surface area contributed by atoms with Gasteiger partial charge in [-0.05, 0) is 42.8 Å². The standard InChI is InChI=1S/C17H17ClFNO3/c1-10(11-4-7-15(22-2)16(8-11)23-3)20-17(21)13-9-12(18)5-6-14(13)19/h4-10H,1-3H3,(H,20,21)/t10-/m1/s1. The van der Waals surface area contributed by atoms with Crippen molar-refractivity contribution in [2.24, 2.45) is 0 Å². The summed E-state index contributed by atoms with van der Waals surface area (Å²) in [5, 5.41) is 3.04. The molecule has 0 fully saturated rings. The molecule has 0 aliphatic carbocycles. The predicted molar refractivity (Wildman–Crippen MR) is 86.8 cm³/mol. The first-order valence-corrected chi connectivity index (χ1v) is 7.32. The van der Waals surface area contributed by atoms with Crippen LogP contribution in [-0.2, 0) is 0 Å². The van der Waals surface area contributed by atoms with Crippen LogP contribution in [0.15, 0.2) is 36.4 Å². The van der Waals surface area contributed by atoms with E-state index in [1.165, 1.54) is 25.3 Å². The fraction of sp³-hybridized carbons (Fsp3) is 0.235. The van der Waals surface area contributed by atoms with Gasteiger partial charge in [-0.2, -0.15) is 0 Å². The van der Waals surface area contributed by atoms with Gasteiger partial charge in [0.2, 0.25) is 0 Å². The van der Waals surface area contributed by atoms with Gasteiger partial charge < -0.3 is 14.8 Å². The summed E-state index contributed by atoms with van der Waals surface area (Å²) in [5.41, 5.74) is 0.711. The zero-order valence-electron chi connectivity index (χ0n) is 13.0. The van der Waals surface area contributed by atoms with Gasteiger partial charge in [-0.25, -0.2) is 4.39 Å². The van der Waals surface area contributed by atoms with Crippen LogP contribution in [-0.4, -0.2) is 20.1 Å². The van der Waals surface area contributed by atoms with Crippen LogP contribution in [0.4, 0.5) is 4.39 Å². The molecule has 1 N–H and O–H groups in total.